The zero-order valence-corrected chi connectivity index (χ0v) is 10.7. The predicted octanol–water partition coefficient (Wildman–Crippen LogP) is 1.87. The van der Waals surface area contributed by atoms with Crippen molar-refractivity contribution >= 4 is 17.6 Å². The summed E-state index contributed by atoms with van der Waals surface area (Å²) in [6.07, 6.45) is 2.27. The highest BCUT2D eigenvalue weighted by Crippen LogP contribution is 2.05. The topological polar surface area (TPSA) is 69.7 Å². The molecule has 0 aliphatic heterocycles. The van der Waals surface area contributed by atoms with Crippen molar-refractivity contribution in [2.24, 2.45) is 5.16 Å². The first-order valence-electron chi connectivity index (χ1n) is 5.37. The molecule has 96 valence electrons. The van der Waals surface area contributed by atoms with Gasteiger partial charge in [0.1, 0.15) is 0 Å². The molecule has 0 aliphatic carbocycles. The maximum atomic E-state index is 5.06. The normalized spacial score (nSPS) is 11.2. The fourth-order valence-corrected chi connectivity index (χ4v) is 1.77. The van der Waals surface area contributed by atoms with Gasteiger partial charge in [-0.2, -0.15) is 4.98 Å². The van der Waals surface area contributed by atoms with Gasteiger partial charge in [-0.3, -0.25) is 0 Å². The van der Waals surface area contributed by atoms with E-state index < -0.39 is 0 Å². The highest BCUT2D eigenvalue weighted by molar-refractivity contribution is 7.11. The number of thiophene rings is 1. The Morgan fingerprint density at radius 2 is 2.50 bits per heavy atom. The second-order valence-corrected chi connectivity index (χ2v) is 4.35. The summed E-state index contributed by atoms with van der Waals surface area (Å²) in [7, 11) is 1.63. The average molecular weight is 267 g/mol. The Morgan fingerprint density at radius 1 is 1.56 bits per heavy atom. The Balaban J connectivity index is 1.74. The molecular formula is C11H13N3O3S. The summed E-state index contributed by atoms with van der Waals surface area (Å²) >= 11 is 1.59. The van der Waals surface area contributed by atoms with Gasteiger partial charge in [0, 0.05) is 18.4 Å². The van der Waals surface area contributed by atoms with E-state index in [1.54, 1.807) is 24.7 Å². The van der Waals surface area contributed by atoms with Gasteiger partial charge in [0.05, 0.1) is 12.8 Å². The lowest BCUT2D eigenvalue weighted by Gasteiger charge is -1.92. The van der Waals surface area contributed by atoms with Crippen LogP contribution >= 0.6 is 11.3 Å². The molecule has 0 radical (unpaired) electrons. The molecule has 0 N–H and O–H groups in total. The van der Waals surface area contributed by atoms with Crippen LogP contribution in [0.25, 0.3) is 0 Å². The van der Waals surface area contributed by atoms with Gasteiger partial charge in [0.15, 0.2) is 12.4 Å². The van der Waals surface area contributed by atoms with E-state index in [2.05, 4.69) is 15.3 Å². The highest BCUT2D eigenvalue weighted by atomic mass is 32.1. The van der Waals surface area contributed by atoms with E-state index in [4.69, 9.17) is 14.1 Å². The van der Waals surface area contributed by atoms with Crippen molar-refractivity contribution in [3.05, 3.63) is 34.1 Å². The molecular weight excluding hydrogens is 254 g/mol. The second-order valence-electron chi connectivity index (χ2n) is 3.37. The molecule has 0 aliphatic rings. The van der Waals surface area contributed by atoms with E-state index >= 15 is 0 Å². The number of hydrogen-bond donors (Lipinski definition) is 0. The molecule has 7 heteroatoms. The first-order valence-corrected chi connectivity index (χ1v) is 6.25. The number of ether oxygens (including phenoxy) is 1. The van der Waals surface area contributed by atoms with Crippen LogP contribution in [0.5, 0.6) is 0 Å². The minimum Gasteiger partial charge on any atom is -0.386 e. The van der Waals surface area contributed by atoms with Gasteiger partial charge in [-0.1, -0.05) is 16.4 Å². The molecule has 6 nitrogen and oxygen atoms in total. The molecule has 0 atom stereocenters. The van der Waals surface area contributed by atoms with Gasteiger partial charge in [0.2, 0.25) is 0 Å². The van der Waals surface area contributed by atoms with Crippen molar-refractivity contribution in [2.45, 2.75) is 13.0 Å². The average Bonchev–Trinajstić information content (AvgIpc) is 3.04. The van der Waals surface area contributed by atoms with Crippen LogP contribution in [0.3, 0.4) is 0 Å². The van der Waals surface area contributed by atoms with Crippen LogP contribution in [0.1, 0.15) is 16.6 Å². The number of oxime groups is 1. The predicted molar refractivity (Wildman–Crippen MR) is 66.6 cm³/mol. The maximum absolute atomic E-state index is 5.06. The Morgan fingerprint density at radius 3 is 3.28 bits per heavy atom. The van der Waals surface area contributed by atoms with Crippen molar-refractivity contribution in [3.8, 4) is 0 Å². The number of aromatic nitrogens is 2. The summed E-state index contributed by atoms with van der Waals surface area (Å²) in [5.74, 6) is 1.02. The quantitative estimate of drug-likeness (QED) is 0.566. The summed E-state index contributed by atoms with van der Waals surface area (Å²) < 4.78 is 9.91. The molecule has 0 aromatic carbocycles. The monoisotopic (exact) mass is 267 g/mol. The standard InChI is InChI=1S/C11H13N3O3S/c1-15-5-4-10-13-11(17-14-10)8-16-12-7-9-3-2-6-18-9/h2-3,6-7H,4-5,8H2,1H3/b12-7+. The van der Waals surface area contributed by atoms with Crippen molar-refractivity contribution < 1.29 is 14.1 Å². The third-order valence-corrected chi connectivity index (χ3v) is 2.83. The molecule has 18 heavy (non-hydrogen) atoms. The molecule has 2 aromatic heterocycles. The van der Waals surface area contributed by atoms with E-state index in [0.29, 0.717) is 24.7 Å². The number of nitrogens with zero attached hydrogens (tertiary/aromatic N) is 3. The molecule has 2 heterocycles. The lowest BCUT2D eigenvalue weighted by Crippen LogP contribution is -1.96. The van der Waals surface area contributed by atoms with Crippen molar-refractivity contribution in [1.29, 1.82) is 0 Å². The molecule has 0 amide bonds. The Labute approximate surface area is 108 Å². The molecule has 2 aromatic rings. The van der Waals surface area contributed by atoms with Gasteiger partial charge in [-0.25, -0.2) is 0 Å². The first kappa shape index (κ1) is 12.7. The molecule has 0 fully saturated rings. The molecule has 0 unspecified atom stereocenters. The summed E-state index contributed by atoms with van der Waals surface area (Å²) in [4.78, 5) is 10.2. The van der Waals surface area contributed by atoms with Gasteiger partial charge in [0.25, 0.3) is 5.89 Å². The van der Waals surface area contributed by atoms with Crippen molar-refractivity contribution in [3.63, 3.8) is 0 Å². The number of rotatable bonds is 7. The fourth-order valence-electron chi connectivity index (χ4n) is 1.19. The van der Waals surface area contributed by atoms with Crippen LogP contribution in [-0.4, -0.2) is 30.1 Å². The van der Waals surface area contributed by atoms with Gasteiger partial charge < -0.3 is 14.1 Å². The molecule has 2 rings (SSSR count). The van der Waals surface area contributed by atoms with Crippen LogP contribution in [0.15, 0.2) is 27.2 Å². The zero-order valence-electron chi connectivity index (χ0n) is 9.91. The SMILES string of the molecule is COCCc1noc(CO/N=C/c2cccs2)n1. The Bertz CT molecular complexity index is 481. The fraction of sp³-hybridized carbons (Fsp3) is 0.364. The largest absolute Gasteiger partial charge is 0.386 e. The van der Waals surface area contributed by atoms with Crippen LogP contribution in [0.4, 0.5) is 0 Å². The molecule has 0 spiro atoms. The maximum Gasteiger partial charge on any atom is 0.267 e. The second kappa shape index (κ2) is 6.87. The van der Waals surface area contributed by atoms with Crippen LogP contribution < -0.4 is 0 Å². The molecule has 0 saturated heterocycles. The van der Waals surface area contributed by atoms with Crippen molar-refractivity contribution in [2.75, 3.05) is 13.7 Å². The number of methoxy groups -OCH3 is 1. The van der Waals surface area contributed by atoms with Gasteiger partial charge in [-0.15, -0.1) is 11.3 Å². The summed E-state index contributed by atoms with van der Waals surface area (Å²) in [6.45, 7) is 0.734. The third-order valence-electron chi connectivity index (χ3n) is 2.03. The zero-order chi connectivity index (χ0) is 12.6. The minimum absolute atomic E-state index is 0.169. The van der Waals surface area contributed by atoms with Crippen LogP contribution in [-0.2, 0) is 22.6 Å². The lowest BCUT2D eigenvalue weighted by molar-refractivity contribution is 0.107. The lowest BCUT2D eigenvalue weighted by atomic mass is 10.4. The van der Waals surface area contributed by atoms with E-state index in [1.165, 1.54) is 0 Å². The molecule has 0 bridgehead atoms. The number of hydrogen-bond acceptors (Lipinski definition) is 7. The van der Waals surface area contributed by atoms with Gasteiger partial charge in [-0.05, 0) is 11.4 Å². The smallest absolute Gasteiger partial charge is 0.267 e. The highest BCUT2D eigenvalue weighted by Gasteiger charge is 2.05. The van der Waals surface area contributed by atoms with E-state index in [0.717, 1.165) is 4.88 Å². The van der Waals surface area contributed by atoms with E-state index in [9.17, 15) is 0 Å². The summed E-state index contributed by atoms with van der Waals surface area (Å²) in [6, 6.07) is 3.90. The van der Waals surface area contributed by atoms with Crippen molar-refractivity contribution in [1.82, 2.24) is 10.1 Å². The van der Waals surface area contributed by atoms with Gasteiger partial charge >= 0.3 is 0 Å². The Kier molecular flexibility index (Phi) is 4.86. The Hall–Kier alpha value is -1.73. The van der Waals surface area contributed by atoms with Crippen LogP contribution in [0, 0.1) is 0 Å². The molecule has 0 saturated carbocycles. The van der Waals surface area contributed by atoms with E-state index in [1.807, 2.05) is 17.5 Å². The third kappa shape index (κ3) is 3.94. The minimum atomic E-state index is 0.169. The van der Waals surface area contributed by atoms with Crippen LogP contribution in [0.2, 0.25) is 0 Å². The summed E-state index contributed by atoms with van der Waals surface area (Å²) in [5.41, 5.74) is 0. The first-order chi connectivity index (χ1) is 8.88. The van der Waals surface area contributed by atoms with E-state index in [-0.39, 0.29) is 6.61 Å². The summed E-state index contributed by atoms with van der Waals surface area (Å²) in [5, 5.41) is 9.57.